The third-order valence-electron chi connectivity index (χ3n) is 5.09. The third kappa shape index (κ3) is 4.40. The van der Waals surface area contributed by atoms with E-state index in [1.165, 1.54) is 12.1 Å². The standard InChI is InChI=1S/C23H18Cl2N4O2/c1-15-21(13-26-27-18-8-10-19(11-9-18)29(30)31)20-4-2-3-5-23(20)28(15)14-16-6-7-17(24)12-22(16)25/h2-13,27H,14H2,1H3/b26-13+. The Morgan fingerprint density at radius 2 is 1.84 bits per heavy atom. The largest absolute Gasteiger partial charge is 0.340 e. The molecule has 4 aromatic rings. The lowest BCUT2D eigenvalue weighted by Crippen LogP contribution is -2.03. The molecule has 3 aromatic carbocycles. The van der Waals surface area contributed by atoms with Gasteiger partial charge in [0.05, 0.1) is 16.8 Å². The number of nitro benzene ring substituents is 1. The highest BCUT2D eigenvalue weighted by Gasteiger charge is 2.14. The summed E-state index contributed by atoms with van der Waals surface area (Å²) < 4.78 is 2.19. The number of nitrogens with zero attached hydrogens (tertiary/aromatic N) is 3. The van der Waals surface area contributed by atoms with Crippen molar-refractivity contribution in [2.45, 2.75) is 13.5 Å². The van der Waals surface area contributed by atoms with E-state index in [1.54, 1.807) is 24.4 Å². The number of hydrazone groups is 1. The monoisotopic (exact) mass is 452 g/mol. The number of fused-ring (bicyclic) bond motifs is 1. The minimum atomic E-state index is -0.432. The number of benzene rings is 3. The van der Waals surface area contributed by atoms with E-state index in [0.717, 1.165) is 27.7 Å². The van der Waals surface area contributed by atoms with Gasteiger partial charge in [0.25, 0.3) is 5.69 Å². The topological polar surface area (TPSA) is 72.5 Å². The van der Waals surface area contributed by atoms with Gasteiger partial charge in [-0.25, -0.2) is 0 Å². The number of hydrogen-bond acceptors (Lipinski definition) is 4. The van der Waals surface area contributed by atoms with E-state index in [4.69, 9.17) is 23.2 Å². The summed E-state index contributed by atoms with van der Waals surface area (Å²) in [7, 11) is 0. The quantitative estimate of drug-likeness (QED) is 0.202. The highest BCUT2D eigenvalue weighted by molar-refractivity contribution is 6.35. The van der Waals surface area contributed by atoms with Crippen LogP contribution in [0.4, 0.5) is 11.4 Å². The fraction of sp³-hybridized carbons (Fsp3) is 0.0870. The average Bonchev–Trinajstić information content (AvgIpc) is 3.02. The zero-order chi connectivity index (χ0) is 22.0. The van der Waals surface area contributed by atoms with Crippen LogP contribution in [0.2, 0.25) is 10.0 Å². The SMILES string of the molecule is Cc1c(/C=N/Nc2ccc([N+](=O)[O-])cc2)c2ccccc2n1Cc1ccc(Cl)cc1Cl. The van der Waals surface area contributed by atoms with Crippen LogP contribution in [0, 0.1) is 17.0 Å². The van der Waals surface area contributed by atoms with Crippen molar-refractivity contribution in [1.29, 1.82) is 0 Å². The molecule has 6 nitrogen and oxygen atoms in total. The summed E-state index contributed by atoms with van der Waals surface area (Å²) in [5.74, 6) is 0. The molecule has 1 heterocycles. The van der Waals surface area contributed by atoms with Crippen molar-refractivity contribution in [3.63, 3.8) is 0 Å². The lowest BCUT2D eigenvalue weighted by molar-refractivity contribution is -0.384. The van der Waals surface area contributed by atoms with Crippen LogP contribution in [0.5, 0.6) is 0 Å². The molecular weight excluding hydrogens is 435 g/mol. The molecular formula is C23H18Cl2N4O2. The van der Waals surface area contributed by atoms with Gasteiger partial charge in [-0.15, -0.1) is 0 Å². The molecule has 0 aliphatic rings. The van der Waals surface area contributed by atoms with Crippen LogP contribution in [0.3, 0.4) is 0 Å². The van der Waals surface area contributed by atoms with E-state index < -0.39 is 4.92 Å². The van der Waals surface area contributed by atoms with Gasteiger partial charge in [-0.3, -0.25) is 15.5 Å². The normalized spacial score (nSPS) is 11.3. The van der Waals surface area contributed by atoms with E-state index >= 15 is 0 Å². The number of halogens is 2. The van der Waals surface area contributed by atoms with E-state index in [0.29, 0.717) is 22.3 Å². The first kappa shape index (κ1) is 20.9. The molecule has 0 amide bonds. The number of aromatic nitrogens is 1. The highest BCUT2D eigenvalue weighted by Crippen LogP contribution is 2.28. The van der Waals surface area contributed by atoms with Gasteiger partial charge < -0.3 is 4.57 Å². The minimum absolute atomic E-state index is 0.0364. The average molecular weight is 453 g/mol. The molecule has 0 bridgehead atoms. The van der Waals surface area contributed by atoms with Crippen LogP contribution in [-0.4, -0.2) is 15.7 Å². The van der Waals surface area contributed by atoms with Crippen molar-refractivity contribution in [2.24, 2.45) is 5.10 Å². The third-order valence-corrected chi connectivity index (χ3v) is 5.68. The Hall–Kier alpha value is -3.35. The summed E-state index contributed by atoms with van der Waals surface area (Å²) in [5, 5.41) is 17.4. The number of anilines is 1. The molecule has 31 heavy (non-hydrogen) atoms. The van der Waals surface area contributed by atoms with Crippen LogP contribution in [-0.2, 0) is 6.54 Å². The summed E-state index contributed by atoms with van der Waals surface area (Å²) in [6.07, 6.45) is 1.76. The maximum Gasteiger partial charge on any atom is 0.269 e. The summed E-state index contributed by atoms with van der Waals surface area (Å²) in [6.45, 7) is 2.64. The van der Waals surface area contributed by atoms with Crippen molar-refractivity contribution >= 4 is 51.7 Å². The second kappa shape index (κ2) is 8.79. The van der Waals surface area contributed by atoms with Gasteiger partial charge in [0.15, 0.2) is 0 Å². The van der Waals surface area contributed by atoms with Crippen LogP contribution in [0.15, 0.2) is 71.8 Å². The Bertz CT molecular complexity index is 1300. The number of para-hydroxylation sites is 1. The molecule has 0 aliphatic heterocycles. The van der Waals surface area contributed by atoms with Crippen LogP contribution in [0.1, 0.15) is 16.8 Å². The molecule has 0 spiro atoms. The van der Waals surface area contributed by atoms with E-state index in [2.05, 4.69) is 27.2 Å². The lowest BCUT2D eigenvalue weighted by Gasteiger charge is -2.10. The summed E-state index contributed by atoms with van der Waals surface area (Å²) in [5.41, 5.74) is 7.70. The Morgan fingerprint density at radius 3 is 2.55 bits per heavy atom. The van der Waals surface area contributed by atoms with Crippen LogP contribution < -0.4 is 5.43 Å². The fourth-order valence-electron chi connectivity index (χ4n) is 3.47. The van der Waals surface area contributed by atoms with Gasteiger partial charge in [0, 0.05) is 50.9 Å². The van der Waals surface area contributed by atoms with Gasteiger partial charge in [-0.05, 0) is 42.8 Å². The molecule has 0 saturated heterocycles. The molecule has 4 rings (SSSR count). The first-order valence-electron chi connectivity index (χ1n) is 9.49. The maximum atomic E-state index is 10.8. The molecule has 0 atom stereocenters. The van der Waals surface area contributed by atoms with Gasteiger partial charge in [0.1, 0.15) is 0 Å². The molecule has 156 valence electrons. The van der Waals surface area contributed by atoms with Crippen molar-refractivity contribution < 1.29 is 4.92 Å². The molecule has 1 aromatic heterocycles. The van der Waals surface area contributed by atoms with Gasteiger partial charge in [0.2, 0.25) is 0 Å². The smallest absolute Gasteiger partial charge is 0.269 e. The second-order valence-electron chi connectivity index (χ2n) is 7.01. The lowest BCUT2D eigenvalue weighted by atomic mass is 10.1. The number of non-ortho nitro benzene ring substituents is 1. The molecule has 0 radical (unpaired) electrons. The molecule has 0 unspecified atom stereocenters. The Morgan fingerprint density at radius 1 is 1.10 bits per heavy atom. The Balaban J connectivity index is 1.64. The highest BCUT2D eigenvalue weighted by atomic mass is 35.5. The number of rotatable bonds is 6. The number of nitrogens with one attached hydrogen (secondary N) is 1. The predicted octanol–water partition coefficient (Wildman–Crippen LogP) is 6.66. The number of hydrogen-bond donors (Lipinski definition) is 1. The minimum Gasteiger partial charge on any atom is -0.340 e. The predicted molar refractivity (Wildman–Crippen MR) is 127 cm³/mol. The van der Waals surface area contributed by atoms with Crippen molar-refractivity contribution in [3.05, 3.63) is 104 Å². The Kier molecular flexibility index (Phi) is 5.93. The van der Waals surface area contributed by atoms with Crippen LogP contribution >= 0.6 is 23.2 Å². The van der Waals surface area contributed by atoms with E-state index in [-0.39, 0.29) is 5.69 Å². The fourth-order valence-corrected chi connectivity index (χ4v) is 3.94. The van der Waals surface area contributed by atoms with Gasteiger partial charge >= 0.3 is 0 Å². The molecule has 8 heteroatoms. The molecule has 0 aliphatic carbocycles. The molecule has 0 saturated carbocycles. The van der Waals surface area contributed by atoms with Gasteiger partial charge in [-0.1, -0.05) is 47.5 Å². The van der Waals surface area contributed by atoms with Gasteiger partial charge in [-0.2, -0.15) is 5.10 Å². The zero-order valence-corrected chi connectivity index (χ0v) is 18.1. The summed E-state index contributed by atoms with van der Waals surface area (Å²) in [4.78, 5) is 10.4. The summed E-state index contributed by atoms with van der Waals surface area (Å²) >= 11 is 12.4. The van der Waals surface area contributed by atoms with Crippen molar-refractivity contribution in [2.75, 3.05) is 5.43 Å². The van der Waals surface area contributed by atoms with Crippen molar-refractivity contribution in [1.82, 2.24) is 4.57 Å². The van der Waals surface area contributed by atoms with Crippen LogP contribution in [0.25, 0.3) is 10.9 Å². The zero-order valence-electron chi connectivity index (χ0n) is 16.5. The maximum absolute atomic E-state index is 10.8. The van der Waals surface area contributed by atoms with E-state index in [9.17, 15) is 10.1 Å². The summed E-state index contributed by atoms with van der Waals surface area (Å²) in [6, 6.07) is 19.7. The first-order chi connectivity index (χ1) is 14.9. The molecule has 1 N–H and O–H groups in total. The number of nitro groups is 1. The Labute approximate surface area is 188 Å². The van der Waals surface area contributed by atoms with E-state index in [1.807, 2.05) is 31.2 Å². The molecule has 0 fully saturated rings. The first-order valence-corrected chi connectivity index (χ1v) is 10.2. The second-order valence-corrected chi connectivity index (χ2v) is 7.86. The van der Waals surface area contributed by atoms with Crippen molar-refractivity contribution in [3.8, 4) is 0 Å².